The van der Waals surface area contributed by atoms with Crippen LogP contribution in [0, 0.1) is 40.4 Å². The third-order valence-electron chi connectivity index (χ3n) is 17.5. The molecule has 348 valence electrons. The van der Waals surface area contributed by atoms with Crippen LogP contribution in [0.15, 0.2) is 11.6 Å². The lowest BCUT2D eigenvalue weighted by Crippen LogP contribution is -2.66. The zero-order chi connectivity index (χ0) is 43.6. The van der Waals surface area contributed by atoms with Gasteiger partial charge in [-0.25, -0.2) is 0 Å². The zero-order valence-corrected chi connectivity index (χ0v) is 36.0. The van der Waals surface area contributed by atoms with E-state index in [1.807, 2.05) is 0 Å². The van der Waals surface area contributed by atoms with Crippen molar-refractivity contribution in [1.29, 1.82) is 0 Å². The number of fused-ring (bicyclic) bond motifs is 7. The van der Waals surface area contributed by atoms with Gasteiger partial charge in [0.25, 0.3) is 0 Å². The van der Waals surface area contributed by atoms with Crippen molar-refractivity contribution in [3.63, 3.8) is 0 Å². The number of hydrogen-bond acceptors (Lipinski definition) is 17. The number of aliphatic hydroxyl groups is 9. The molecular formula is C44H70O17. The van der Waals surface area contributed by atoms with Crippen LogP contribution in [0.25, 0.3) is 0 Å². The lowest BCUT2D eigenvalue weighted by molar-refractivity contribution is -0.385. The van der Waals surface area contributed by atoms with Crippen molar-refractivity contribution in [2.75, 3.05) is 19.8 Å². The Morgan fingerprint density at radius 2 is 1.48 bits per heavy atom. The van der Waals surface area contributed by atoms with Gasteiger partial charge in [-0.05, 0) is 87.4 Å². The summed E-state index contributed by atoms with van der Waals surface area (Å²) in [5.74, 6) is 0.693. The van der Waals surface area contributed by atoms with Gasteiger partial charge < -0.3 is 83.9 Å². The van der Waals surface area contributed by atoms with Crippen molar-refractivity contribution < 1.29 is 83.9 Å². The molecular weight excluding hydrogens is 800 g/mol. The van der Waals surface area contributed by atoms with Crippen molar-refractivity contribution in [3.05, 3.63) is 11.6 Å². The van der Waals surface area contributed by atoms with E-state index in [2.05, 4.69) is 33.8 Å². The molecule has 8 fully saturated rings. The normalized spacial score (nSPS) is 58.4. The smallest absolute Gasteiger partial charge is 0.187 e. The Hall–Kier alpha value is -0.940. The van der Waals surface area contributed by atoms with Crippen LogP contribution in [0.3, 0.4) is 0 Å². The molecule has 18 unspecified atom stereocenters. The number of hydrogen-bond donors (Lipinski definition) is 9. The van der Waals surface area contributed by atoms with Gasteiger partial charge in [-0.15, -0.1) is 0 Å². The topological polar surface area (TPSA) is 256 Å². The number of ether oxygens (including phenoxy) is 8. The lowest BCUT2D eigenvalue weighted by atomic mass is 9.46. The van der Waals surface area contributed by atoms with Crippen molar-refractivity contribution in [2.24, 2.45) is 40.4 Å². The summed E-state index contributed by atoms with van der Waals surface area (Å²) < 4.78 is 49.5. The summed E-state index contributed by atoms with van der Waals surface area (Å²) >= 11 is 0. The minimum absolute atomic E-state index is 0.109. The highest BCUT2D eigenvalue weighted by atomic mass is 16.8. The van der Waals surface area contributed by atoms with Gasteiger partial charge in [0.1, 0.15) is 66.6 Å². The summed E-state index contributed by atoms with van der Waals surface area (Å²) in [4.78, 5) is 0. The maximum atomic E-state index is 12.8. The molecule has 9 rings (SSSR count). The summed E-state index contributed by atoms with van der Waals surface area (Å²) in [6.45, 7) is 10.1. The van der Waals surface area contributed by atoms with E-state index in [1.54, 1.807) is 0 Å². The Labute approximate surface area is 357 Å². The van der Waals surface area contributed by atoms with Crippen LogP contribution in [0.1, 0.15) is 92.4 Å². The third kappa shape index (κ3) is 7.06. The highest BCUT2D eigenvalue weighted by Gasteiger charge is 2.76. The minimum Gasteiger partial charge on any atom is -0.394 e. The third-order valence-corrected chi connectivity index (χ3v) is 17.5. The summed E-state index contributed by atoms with van der Waals surface area (Å²) in [5.41, 5.74) is -0.101. The Bertz CT molecular complexity index is 1610. The molecule has 5 aliphatic heterocycles. The Kier molecular flexibility index (Phi) is 12.2. The summed E-state index contributed by atoms with van der Waals surface area (Å²) in [5, 5.41) is 97.9. The second-order valence-corrected chi connectivity index (χ2v) is 20.7. The Morgan fingerprint density at radius 1 is 0.738 bits per heavy atom. The maximum absolute atomic E-state index is 12.8. The molecule has 9 aliphatic rings. The van der Waals surface area contributed by atoms with Crippen molar-refractivity contribution in [1.82, 2.24) is 0 Å². The quantitative estimate of drug-likeness (QED) is 0.152. The van der Waals surface area contributed by atoms with Gasteiger partial charge in [-0.2, -0.15) is 0 Å². The molecule has 17 heteroatoms. The van der Waals surface area contributed by atoms with E-state index in [9.17, 15) is 46.0 Å². The van der Waals surface area contributed by atoms with Gasteiger partial charge in [0.05, 0.1) is 38.1 Å². The Balaban J connectivity index is 0.921. The van der Waals surface area contributed by atoms with Gasteiger partial charge >= 0.3 is 0 Å². The molecule has 4 aliphatic carbocycles. The largest absolute Gasteiger partial charge is 0.394 e. The molecule has 0 radical (unpaired) electrons. The monoisotopic (exact) mass is 870 g/mol. The molecule has 9 N–H and O–H groups in total. The van der Waals surface area contributed by atoms with Crippen molar-refractivity contribution in [3.8, 4) is 0 Å². The van der Waals surface area contributed by atoms with Crippen LogP contribution in [0.2, 0.25) is 0 Å². The molecule has 0 bridgehead atoms. The summed E-state index contributed by atoms with van der Waals surface area (Å²) in [6.07, 6.45) is -11.5. The number of aliphatic hydroxyl groups excluding tert-OH is 8. The first kappa shape index (κ1) is 45.2. The Morgan fingerprint density at radius 3 is 2.20 bits per heavy atom. The average molecular weight is 871 g/mol. The fourth-order valence-electron chi connectivity index (χ4n) is 13.7. The molecule has 5 heterocycles. The van der Waals surface area contributed by atoms with Crippen LogP contribution < -0.4 is 0 Å². The van der Waals surface area contributed by atoms with Gasteiger partial charge in [0.15, 0.2) is 24.7 Å². The first-order valence-electron chi connectivity index (χ1n) is 22.9. The molecule has 0 amide bonds. The summed E-state index contributed by atoms with van der Waals surface area (Å²) in [6, 6.07) is 0. The van der Waals surface area contributed by atoms with E-state index in [0.717, 1.165) is 44.9 Å². The maximum Gasteiger partial charge on any atom is 0.187 e. The molecule has 5 saturated heterocycles. The van der Waals surface area contributed by atoms with E-state index in [4.69, 9.17) is 37.9 Å². The second-order valence-electron chi connectivity index (χ2n) is 20.7. The SMILES string of the molecule is CC1CC[C@@]2(OC1)O[C@H]1CC3[C@@H]4CC=C5CC(OC6OC(CO)C(OC7OCC(O)C(O)C7O)C(O)C6OC6OC(C)C(O)C(O)C6O)CC[C@]5(C)[C@H]4CC[C@]3(C)[C@@]1(O)C2C. The molecule has 61 heavy (non-hydrogen) atoms. The molecule has 3 saturated carbocycles. The van der Waals surface area contributed by atoms with Crippen LogP contribution in [0.5, 0.6) is 0 Å². The van der Waals surface area contributed by atoms with Crippen molar-refractivity contribution in [2.45, 2.75) is 202 Å². The first-order valence-corrected chi connectivity index (χ1v) is 22.9. The van der Waals surface area contributed by atoms with E-state index in [0.29, 0.717) is 43.1 Å². The van der Waals surface area contributed by atoms with E-state index >= 15 is 0 Å². The second kappa shape index (κ2) is 16.4. The standard InChI is InChI=1S/C44H70O17/c1-19-8-13-43(55-17-19)21(3)44(53)29(61-43)15-26-24-7-6-22-14-23(9-11-41(22,4)25(24)10-12-42(26,44)5)57-40-37(60-39-34(51)32(49)30(47)20(2)56-39)35(52)36(28(16-45)58-40)59-38-33(50)31(48)27(46)18-54-38/h6,19-21,23-40,45-53H,7-18H2,1-5H3/t19?,20?,21?,23?,24-,25+,26?,27?,28?,29+,30?,31?,32?,33?,34?,35?,36?,37?,38?,39?,40?,41+,42+,43-,44-/m1/s1. The van der Waals surface area contributed by atoms with Gasteiger partial charge in [-0.1, -0.05) is 39.3 Å². The van der Waals surface area contributed by atoms with Crippen LogP contribution in [-0.4, -0.2) is 175 Å². The van der Waals surface area contributed by atoms with Crippen LogP contribution >= 0.6 is 0 Å². The highest BCUT2D eigenvalue weighted by Crippen LogP contribution is 2.72. The molecule has 0 aromatic carbocycles. The van der Waals surface area contributed by atoms with Crippen LogP contribution in [-0.2, 0) is 37.9 Å². The molecule has 25 atom stereocenters. The predicted molar refractivity (Wildman–Crippen MR) is 210 cm³/mol. The highest BCUT2D eigenvalue weighted by molar-refractivity contribution is 5.29. The number of allylic oxidation sites excluding steroid dienone is 1. The van der Waals surface area contributed by atoms with Gasteiger partial charge in [0.2, 0.25) is 0 Å². The molecule has 17 nitrogen and oxygen atoms in total. The fourth-order valence-corrected chi connectivity index (χ4v) is 13.7. The van der Waals surface area contributed by atoms with E-state index in [-0.39, 0.29) is 29.5 Å². The lowest BCUT2D eigenvalue weighted by Gasteiger charge is -2.60. The van der Waals surface area contributed by atoms with E-state index < -0.39 is 110 Å². The van der Waals surface area contributed by atoms with Crippen LogP contribution in [0.4, 0.5) is 0 Å². The predicted octanol–water partition coefficient (Wildman–Crippen LogP) is -0.0319. The van der Waals surface area contributed by atoms with E-state index in [1.165, 1.54) is 12.5 Å². The van der Waals surface area contributed by atoms with Crippen molar-refractivity contribution >= 4 is 0 Å². The molecule has 0 aromatic rings. The van der Waals surface area contributed by atoms with Gasteiger partial charge in [-0.3, -0.25) is 0 Å². The number of rotatable bonds is 7. The average Bonchev–Trinajstić information content (AvgIpc) is 3.59. The first-order chi connectivity index (χ1) is 28.9. The minimum atomic E-state index is -1.72. The molecule has 1 spiro atoms. The fraction of sp³-hybridized carbons (Fsp3) is 0.955. The molecule has 0 aromatic heterocycles. The zero-order valence-electron chi connectivity index (χ0n) is 36.0. The summed E-state index contributed by atoms with van der Waals surface area (Å²) in [7, 11) is 0. The van der Waals surface area contributed by atoms with Gasteiger partial charge in [0, 0.05) is 17.8 Å².